The molecule has 0 saturated heterocycles. The predicted molar refractivity (Wildman–Crippen MR) is 84.3 cm³/mol. The number of sulfonamides is 1. The molecule has 1 amide bonds. The van der Waals surface area contributed by atoms with Gasteiger partial charge in [0.15, 0.2) is 0 Å². The summed E-state index contributed by atoms with van der Waals surface area (Å²) in [5.41, 5.74) is 0.968. The van der Waals surface area contributed by atoms with Crippen LogP contribution in [0.4, 0.5) is 0 Å². The number of ether oxygens (including phenoxy) is 1. The van der Waals surface area contributed by atoms with Crippen LogP contribution in [0.1, 0.15) is 18.4 Å². The molecule has 0 bridgehead atoms. The highest BCUT2D eigenvalue weighted by molar-refractivity contribution is 7.88. The maximum absolute atomic E-state index is 11.8. The van der Waals surface area contributed by atoms with Crippen LogP contribution in [0.5, 0.6) is 5.75 Å². The van der Waals surface area contributed by atoms with E-state index < -0.39 is 10.0 Å². The molecule has 0 atom stereocenters. The number of hydrogen-bond donors (Lipinski definition) is 1. The van der Waals surface area contributed by atoms with Gasteiger partial charge in [-0.1, -0.05) is 12.1 Å². The summed E-state index contributed by atoms with van der Waals surface area (Å²) in [5, 5.41) is 2.81. The fourth-order valence-corrected chi connectivity index (χ4v) is 2.88. The van der Waals surface area contributed by atoms with Crippen LogP contribution in [0.3, 0.4) is 0 Å². The van der Waals surface area contributed by atoms with E-state index in [2.05, 4.69) is 5.32 Å². The standard InChI is InChI=1S/C15H22N2O4S/c1-21-14-5-3-4-12(10-14)8-9-17(22(2,19)20)11-15(18)16-13-6-7-13/h3-5,10,13H,6-9,11H2,1-2H3,(H,16,18). The summed E-state index contributed by atoms with van der Waals surface area (Å²) in [6.07, 6.45) is 3.62. The smallest absolute Gasteiger partial charge is 0.235 e. The molecule has 0 aromatic heterocycles. The SMILES string of the molecule is COc1cccc(CCN(CC(=O)NC2CC2)S(C)(=O)=O)c1. The lowest BCUT2D eigenvalue weighted by Crippen LogP contribution is -2.41. The summed E-state index contributed by atoms with van der Waals surface area (Å²) < 4.78 is 30.0. The molecular weight excluding hydrogens is 304 g/mol. The zero-order valence-corrected chi connectivity index (χ0v) is 13.7. The highest BCUT2D eigenvalue weighted by Gasteiger charge is 2.26. The van der Waals surface area contributed by atoms with Crippen LogP contribution in [0.25, 0.3) is 0 Å². The number of nitrogens with zero attached hydrogens (tertiary/aromatic N) is 1. The van der Waals surface area contributed by atoms with Gasteiger partial charge in [-0.05, 0) is 37.0 Å². The van der Waals surface area contributed by atoms with E-state index in [1.165, 1.54) is 4.31 Å². The Balaban J connectivity index is 1.95. The van der Waals surface area contributed by atoms with Gasteiger partial charge < -0.3 is 10.1 Å². The zero-order chi connectivity index (χ0) is 16.2. The van der Waals surface area contributed by atoms with Gasteiger partial charge in [-0.25, -0.2) is 8.42 Å². The lowest BCUT2D eigenvalue weighted by atomic mass is 10.1. The second kappa shape index (κ2) is 7.11. The number of amides is 1. The van der Waals surface area contributed by atoms with Crippen molar-refractivity contribution < 1.29 is 17.9 Å². The number of methoxy groups -OCH3 is 1. The average molecular weight is 326 g/mol. The maximum Gasteiger partial charge on any atom is 0.235 e. The highest BCUT2D eigenvalue weighted by atomic mass is 32.2. The van der Waals surface area contributed by atoms with E-state index in [4.69, 9.17) is 4.74 Å². The molecule has 1 aliphatic rings. The van der Waals surface area contributed by atoms with Crippen LogP contribution in [-0.2, 0) is 21.2 Å². The minimum absolute atomic E-state index is 0.126. The van der Waals surface area contributed by atoms with Crippen molar-refractivity contribution in [1.29, 1.82) is 0 Å². The first-order valence-corrected chi connectivity index (χ1v) is 9.11. The van der Waals surface area contributed by atoms with Gasteiger partial charge in [-0.15, -0.1) is 0 Å². The third-order valence-corrected chi connectivity index (χ3v) is 4.77. The first-order chi connectivity index (χ1) is 10.4. The summed E-state index contributed by atoms with van der Waals surface area (Å²) in [5.74, 6) is 0.494. The molecule has 7 heteroatoms. The minimum atomic E-state index is -3.42. The Morgan fingerprint density at radius 1 is 1.41 bits per heavy atom. The molecule has 0 unspecified atom stereocenters. The van der Waals surface area contributed by atoms with Gasteiger partial charge in [0.1, 0.15) is 5.75 Å². The van der Waals surface area contributed by atoms with Gasteiger partial charge in [0.25, 0.3) is 0 Å². The van der Waals surface area contributed by atoms with Crippen LogP contribution < -0.4 is 10.1 Å². The lowest BCUT2D eigenvalue weighted by molar-refractivity contribution is -0.121. The molecule has 0 spiro atoms. The number of hydrogen-bond acceptors (Lipinski definition) is 4. The van der Waals surface area contributed by atoms with Crippen LogP contribution >= 0.6 is 0 Å². The van der Waals surface area contributed by atoms with Crippen LogP contribution in [0.15, 0.2) is 24.3 Å². The molecule has 6 nitrogen and oxygen atoms in total. The second-order valence-corrected chi connectivity index (χ2v) is 7.52. The summed E-state index contributed by atoms with van der Waals surface area (Å²) in [6, 6.07) is 7.70. The van der Waals surface area contributed by atoms with Crippen LogP contribution in [-0.4, -0.2) is 51.1 Å². The third kappa shape index (κ3) is 5.31. The van der Waals surface area contributed by atoms with Crippen molar-refractivity contribution in [3.05, 3.63) is 29.8 Å². The van der Waals surface area contributed by atoms with Crippen molar-refractivity contribution in [2.75, 3.05) is 26.5 Å². The van der Waals surface area contributed by atoms with Gasteiger partial charge in [0, 0.05) is 12.6 Å². The van der Waals surface area contributed by atoms with E-state index in [0.717, 1.165) is 30.4 Å². The molecular formula is C15H22N2O4S. The molecule has 1 aromatic carbocycles. The summed E-state index contributed by atoms with van der Waals surface area (Å²) in [7, 11) is -1.83. The normalized spacial score (nSPS) is 14.9. The van der Waals surface area contributed by atoms with E-state index in [9.17, 15) is 13.2 Å². The molecule has 0 radical (unpaired) electrons. The third-order valence-electron chi connectivity index (χ3n) is 3.52. The number of nitrogens with one attached hydrogen (secondary N) is 1. The van der Waals surface area contributed by atoms with Crippen LogP contribution in [0, 0.1) is 0 Å². The number of carbonyl (C=O) groups excluding carboxylic acids is 1. The minimum Gasteiger partial charge on any atom is -0.497 e. The Bertz CT molecular complexity index is 626. The lowest BCUT2D eigenvalue weighted by Gasteiger charge is -2.19. The van der Waals surface area contributed by atoms with Gasteiger partial charge in [-0.3, -0.25) is 4.79 Å². The van der Waals surface area contributed by atoms with E-state index in [1.54, 1.807) is 7.11 Å². The molecule has 1 aliphatic carbocycles. The molecule has 1 fully saturated rings. The summed E-state index contributed by atoms with van der Waals surface area (Å²) in [6.45, 7) is 0.142. The Hall–Kier alpha value is -1.60. The molecule has 1 aromatic rings. The monoisotopic (exact) mass is 326 g/mol. The summed E-state index contributed by atoms with van der Waals surface area (Å²) in [4.78, 5) is 11.8. The van der Waals surface area contributed by atoms with Crippen molar-refractivity contribution in [3.8, 4) is 5.75 Å². The molecule has 1 N–H and O–H groups in total. The van der Waals surface area contributed by atoms with E-state index in [-0.39, 0.29) is 25.0 Å². The van der Waals surface area contributed by atoms with Crippen molar-refractivity contribution in [2.24, 2.45) is 0 Å². The first-order valence-electron chi connectivity index (χ1n) is 7.26. The predicted octanol–water partition coefficient (Wildman–Crippen LogP) is 0.778. The van der Waals surface area contributed by atoms with Crippen molar-refractivity contribution in [3.63, 3.8) is 0 Å². The van der Waals surface area contributed by atoms with Gasteiger partial charge in [-0.2, -0.15) is 4.31 Å². The maximum atomic E-state index is 11.8. The number of carbonyl (C=O) groups is 1. The quantitative estimate of drug-likeness (QED) is 0.766. The van der Waals surface area contributed by atoms with Gasteiger partial charge in [0.2, 0.25) is 15.9 Å². The van der Waals surface area contributed by atoms with E-state index in [1.807, 2.05) is 24.3 Å². The largest absolute Gasteiger partial charge is 0.497 e. The Morgan fingerprint density at radius 2 is 2.14 bits per heavy atom. The number of rotatable bonds is 8. The average Bonchev–Trinajstić information content (AvgIpc) is 3.26. The first kappa shape index (κ1) is 16.8. The molecule has 22 heavy (non-hydrogen) atoms. The fourth-order valence-electron chi connectivity index (χ4n) is 2.11. The van der Waals surface area contributed by atoms with Crippen molar-refractivity contribution in [1.82, 2.24) is 9.62 Å². The van der Waals surface area contributed by atoms with E-state index >= 15 is 0 Å². The van der Waals surface area contributed by atoms with E-state index in [0.29, 0.717) is 6.42 Å². The van der Waals surface area contributed by atoms with Crippen LogP contribution in [0.2, 0.25) is 0 Å². The van der Waals surface area contributed by atoms with Crippen molar-refractivity contribution in [2.45, 2.75) is 25.3 Å². The molecule has 122 valence electrons. The molecule has 1 saturated carbocycles. The van der Waals surface area contributed by atoms with Gasteiger partial charge >= 0.3 is 0 Å². The topological polar surface area (TPSA) is 75.7 Å². The number of benzene rings is 1. The Kier molecular flexibility index (Phi) is 5.42. The second-order valence-electron chi connectivity index (χ2n) is 5.54. The van der Waals surface area contributed by atoms with Gasteiger partial charge in [0.05, 0.1) is 19.9 Å². The zero-order valence-electron chi connectivity index (χ0n) is 12.9. The van der Waals surface area contributed by atoms with Crippen molar-refractivity contribution >= 4 is 15.9 Å². The molecule has 0 heterocycles. The Labute approximate surface area is 131 Å². The fraction of sp³-hybridized carbons (Fsp3) is 0.533. The highest BCUT2D eigenvalue weighted by Crippen LogP contribution is 2.18. The molecule has 2 rings (SSSR count). The molecule has 0 aliphatic heterocycles. The summed E-state index contributed by atoms with van der Waals surface area (Å²) >= 11 is 0. The Morgan fingerprint density at radius 3 is 2.73 bits per heavy atom.